The van der Waals surface area contributed by atoms with Crippen molar-refractivity contribution in [2.75, 3.05) is 19.6 Å². The number of hydrogen-bond acceptors (Lipinski definition) is 3. The third-order valence-corrected chi connectivity index (χ3v) is 2.71. The van der Waals surface area contributed by atoms with Crippen molar-refractivity contribution in [2.45, 2.75) is 6.42 Å². The fourth-order valence-electron chi connectivity index (χ4n) is 1.65. The van der Waals surface area contributed by atoms with Crippen molar-refractivity contribution in [1.82, 2.24) is 10.6 Å². The molecular weight excluding hydrogens is 216 g/mol. The Labute approximate surface area is 93.0 Å². The van der Waals surface area contributed by atoms with E-state index in [9.17, 15) is 4.79 Å². The molecule has 0 aliphatic carbocycles. The molecule has 1 aliphatic heterocycles. The van der Waals surface area contributed by atoms with E-state index >= 15 is 0 Å². The van der Waals surface area contributed by atoms with Gasteiger partial charge in [-0.1, -0.05) is 0 Å². The van der Waals surface area contributed by atoms with E-state index < -0.39 is 0 Å². The molecule has 1 unspecified atom stereocenters. The van der Waals surface area contributed by atoms with E-state index in [1.807, 2.05) is 0 Å². The Hall–Kier alpha value is -1.00. The Morgan fingerprint density at radius 2 is 2.53 bits per heavy atom. The second-order valence-corrected chi connectivity index (χ2v) is 4.05. The number of nitrogens with one attached hydrogen (secondary N) is 2. The highest BCUT2D eigenvalue weighted by Crippen LogP contribution is 2.13. The lowest BCUT2D eigenvalue weighted by atomic mass is 10.1. The van der Waals surface area contributed by atoms with Gasteiger partial charge in [0.1, 0.15) is 0 Å². The molecule has 15 heavy (non-hydrogen) atoms. The van der Waals surface area contributed by atoms with Crippen LogP contribution in [0.1, 0.15) is 17.0 Å². The highest BCUT2D eigenvalue weighted by molar-refractivity contribution is 6.29. The van der Waals surface area contributed by atoms with Gasteiger partial charge in [0.25, 0.3) is 5.91 Å². The second kappa shape index (κ2) is 4.68. The highest BCUT2D eigenvalue weighted by Gasteiger charge is 2.16. The van der Waals surface area contributed by atoms with Crippen LogP contribution in [0, 0.1) is 5.92 Å². The Balaban J connectivity index is 1.81. The van der Waals surface area contributed by atoms with Crippen molar-refractivity contribution in [3.05, 3.63) is 23.1 Å². The molecule has 0 aromatic carbocycles. The van der Waals surface area contributed by atoms with Crippen LogP contribution in [0.5, 0.6) is 0 Å². The molecule has 2 rings (SSSR count). The van der Waals surface area contributed by atoms with Crippen LogP contribution in [0.4, 0.5) is 0 Å². The lowest BCUT2D eigenvalue weighted by Crippen LogP contribution is -2.29. The van der Waals surface area contributed by atoms with Crippen molar-refractivity contribution in [1.29, 1.82) is 0 Å². The summed E-state index contributed by atoms with van der Waals surface area (Å²) in [6.07, 6.45) is 1.11. The zero-order valence-electron chi connectivity index (χ0n) is 8.25. The molecule has 1 aliphatic rings. The number of halogens is 1. The van der Waals surface area contributed by atoms with Gasteiger partial charge < -0.3 is 15.1 Å². The number of hydrogen-bond donors (Lipinski definition) is 2. The van der Waals surface area contributed by atoms with Crippen LogP contribution in [0.2, 0.25) is 5.22 Å². The van der Waals surface area contributed by atoms with E-state index in [2.05, 4.69) is 10.6 Å². The normalized spacial score (nSPS) is 20.5. The molecule has 0 bridgehead atoms. The largest absolute Gasteiger partial charge is 0.440 e. The van der Waals surface area contributed by atoms with E-state index in [1.165, 1.54) is 0 Å². The molecule has 0 radical (unpaired) electrons. The van der Waals surface area contributed by atoms with E-state index in [1.54, 1.807) is 12.1 Å². The zero-order valence-corrected chi connectivity index (χ0v) is 9.01. The van der Waals surface area contributed by atoms with Gasteiger partial charge in [0.2, 0.25) is 0 Å². The quantitative estimate of drug-likeness (QED) is 0.819. The van der Waals surface area contributed by atoms with E-state index in [0.717, 1.165) is 19.5 Å². The molecule has 0 spiro atoms. The van der Waals surface area contributed by atoms with Crippen LogP contribution in [-0.4, -0.2) is 25.5 Å². The van der Waals surface area contributed by atoms with Crippen LogP contribution in [0.15, 0.2) is 16.5 Å². The van der Waals surface area contributed by atoms with Gasteiger partial charge in [-0.05, 0) is 49.2 Å². The van der Waals surface area contributed by atoms with Crippen molar-refractivity contribution >= 4 is 17.5 Å². The minimum atomic E-state index is -0.200. The lowest BCUT2D eigenvalue weighted by Gasteiger charge is -2.08. The van der Waals surface area contributed by atoms with Crippen LogP contribution in [0.25, 0.3) is 0 Å². The number of carbonyl (C=O) groups is 1. The maximum atomic E-state index is 11.5. The van der Waals surface area contributed by atoms with Gasteiger partial charge >= 0.3 is 0 Å². The van der Waals surface area contributed by atoms with Crippen molar-refractivity contribution in [2.24, 2.45) is 5.92 Å². The summed E-state index contributed by atoms with van der Waals surface area (Å²) in [6.45, 7) is 2.69. The summed E-state index contributed by atoms with van der Waals surface area (Å²) >= 11 is 5.58. The predicted molar refractivity (Wildman–Crippen MR) is 57.0 cm³/mol. The standard InChI is InChI=1S/C10H13ClN2O2/c11-9-2-1-8(15-9)10(14)13-6-7-3-4-12-5-7/h1-2,7,12H,3-6H2,(H,13,14). The molecule has 1 amide bonds. The molecule has 2 heterocycles. The highest BCUT2D eigenvalue weighted by atomic mass is 35.5. The number of rotatable bonds is 3. The fraction of sp³-hybridized carbons (Fsp3) is 0.500. The number of amides is 1. The number of furan rings is 1. The molecule has 1 atom stereocenters. The van der Waals surface area contributed by atoms with Gasteiger partial charge in [-0.25, -0.2) is 0 Å². The van der Waals surface area contributed by atoms with Gasteiger partial charge in [-0.15, -0.1) is 0 Å². The first kappa shape index (κ1) is 10.5. The first-order valence-electron chi connectivity index (χ1n) is 5.00. The Kier molecular flexibility index (Phi) is 3.28. The Morgan fingerprint density at radius 1 is 1.67 bits per heavy atom. The van der Waals surface area contributed by atoms with E-state index in [4.69, 9.17) is 16.0 Å². The molecular formula is C10H13ClN2O2. The minimum absolute atomic E-state index is 0.200. The molecule has 5 heteroatoms. The molecule has 1 aromatic heterocycles. The summed E-state index contributed by atoms with van der Waals surface area (Å²) in [5, 5.41) is 6.31. The summed E-state index contributed by atoms with van der Waals surface area (Å²) in [6, 6.07) is 3.14. The topological polar surface area (TPSA) is 54.3 Å². The molecule has 1 aromatic rings. The molecule has 1 fully saturated rings. The van der Waals surface area contributed by atoms with Crippen LogP contribution in [0.3, 0.4) is 0 Å². The molecule has 1 saturated heterocycles. The van der Waals surface area contributed by atoms with Gasteiger partial charge in [0, 0.05) is 6.54 Å². The maximum Gasteiger partial charge on any atom is 0.287 e. The SMILES string of the molecule is O=C(NCC1CCNC1)c1ccc(Cl)o1. The Bertz CT molecular complexity index is 345. The molecule has 4 nitrogen and oxygen atoms in total. The second-order valence-electron chi connectivity index (χ2n) is 3.67. The van der Waals surface area contributed by atoms with Crippen LogP contribution in [-0.2, 0) is 0 Å². The average Bonchev–Trinajstić information content (AvgIpc) is 2.84. The summed E-state index contributed by atoms with van der Waals surface area (Å²) in [5.74, 6) is 0.596. The van der Waals surface area contributed by atoms with Gasteiger partial charge in [0.15, 0.2) is 11.0 Å². The third kappa shape index (κ3) is 2.73. The monoisotopic (exact) mass is 228 g/mol. The maximum absolute atomic E-state index is 11.5. The van der Waals surface area contributed by atoms with Crippen molar-refractivity contribution in [3.8, 4) is 0 Å². The van der Waals surface area contributed by atoms with E-state index in [0.29, 0.717) is 12.5 Å². The summed E-state index contributed by atoms with van der Waals surface area (Å²) in [4.78, 5) is 11.5. The Morgan fingerprint density at radius 3 is 3.13 bits per heavy atom. The predicted octanol–water partition coefficient (Wildman–Crippen LogP) is 1.27. The first-order chi connectivity index (χ1) is 7.25. The number of carbonyl (C=O) groups excluding carboxylic acids is 1. The molecule has 0 saturated carbocycles. The lowest BCUT2D eigenvalue weighted by molar-refractivity contribution is 0.0920. The van der Waals surface area contributed by atoms with E-state index in [-0.39, 0.29) is 16.9 Å². The van der Waals surface area contributed by atoms with Crippen LogP contribution >= 0.6 is 11.6 Å². The fourth-order valence-corrected chi connectivity index (χ4v) is 1.80. The zero-order chi connectivity index (χ0) is 10.7. The first-order valence-corrected chi connectivity index (χ1v) is 5.38. The van der Waals surface area contributed by atoms with Gasteiger partial charge in [-0.2, -0.15) is 0 Å². The smallest absolute Gasteiger partial charge is 0.287 e. The summed E-state index contributed by atoms with van der Waals surface area (Å²) in [7, 11) is 0. The minimum Gasteiger partial charge on any atom is -0.440 e. The van der Waals surface area contributed by atoms with Crippen LogP contribution < -0.4 is 10.6 Å². The molecule has 2 N–H and O–H groups in total. The summed E-state index contributed by atoms with van der Waals surface area (Å²) < 4.78 is 5.00. The van der Waals surface area contributed by atoms with Crippen molar-refractivity contribution in [3.63, 3.8) is 0 Å². The third-order valence-electron chi connectivity index (χ3n) is 2.51. The van der Waals surface area contributed by atoms with Gasteiger partial charge in [-0.3, -0.25) is 4.79 Å². The average molecular weight is 229 g/mol. The summed E-state index contributed by atoms with van der Waals surface area (Å²) in [5.41, 5.74) is 0. The van der Waals surface area contributed by atoms with Gasteiger partial charge in [0.05, 0.1) is 0 Å². The molecule has 82 valence electrons. The van der Waals surface area contributed by atoms with Crippen molar-refractivity contribution < 1.29 is 9.21 Å².